The number of carbonyl (C=O) groups excluding carboxylic acids is 2. The highest BCUT2D eigenvalue weighted by Crippen LogP contribution is 2.43. The van der Waals surface area contributed by atoms with Gasteiger partial charge in [0.05, 0.1) is 12.5 Å². The standard InChI is InChI=1S/C15H15FO4S/c1-4-19-15(18)13-12(10-6-5-7-21-10)11(8(2)17)9(3)20-14(13)16/h5-7,12H,4H2,1-3H3. The Balaban J connectivity index is 2.58. The van der Waals surface area contributed by atoms with Crippen LogP contribution in [-0.2, 0) is 19.1 Å². The van der Waals surface area contributed by atoms with Crippen LogP contribution in [0.5, 0.6) is 0 Å². The maximum Gasteiger partial charge on any atom is 0.341 e. The van der Waals surface area contributed by atoms with E-state index in [2.05, 4.69) is 0 Å². The van der Waals surface area contributed by atoms with Gasteiger partial charge in [-0.15, -0.1) is 11.3 Å². The summed E-state index contributed by atoms with van der Waals surface area (Å²) in [5.74, 6) is -1.68. The monoisotopic (exact) mass is 310 g/mol. The van der Waals surface area contributed by atoms with Crippen LogP contribution in [-0.4, -0.2) is 18.4 Å². The fourth-order valence-corrected chi connectivity index (χ4v) is 3.15. The summed E-state index contributed by atoms with van der Waals surface area (Å²) >= 11 is 1.34. The van der Waals surface area contributed by atoms with E-state index in [1.807, 2.05) is 0 Å². The van der Waals surface area contributed by atoms with Crippen molar-refractivity contribution >= 4 is 23.1 Å². The number of hydrogen-bond acceptors (Lipinski definition) is 5. The van der Waals surface area contributed by atoms with Crippen molar-refractivity contribution in [2.75, 3.05) is 6.61 Å². The molecule has 1 aromatic rings. The summed E-state index contributed by atoms with van der Waals surface area (Å²) < 4.78 is 24.0. The normalized spacial score (nSPS) is 18.6. The summed E-state index contributed by atoms with van der Waals surface area (Å²) in [5, 5.41) is 1.80. The molecule has 0 aromatic carbocycles. The Morgan fingerprint density at radius 3 is 2.67 bits per heavy atom. The van der Waals surface area contributed by atoms with E-state index >= 15 is 0 Å². The molecule has 0 spiro atoms. The van der Waals surface area contributed by atoms with Crippen molar-refractivity contribution in [2.24, 2.45) is 0 Å². The molecule has 0 radical (unpaired) electrons. The molecule has 21 heavy (non-hydrogen) atoms. The van der Waals surface area contributed by atoms with Crippen molar-refractivity contribution in [3.63, 3.8) is 0 Å². The number of Topliss-reactive ketones (excluding diaryl/α,β-unsaturated/α-hetero) is 1. The van der Waals surface area contributed by atoms with E-state index in [1.165, 1.54) is 25.2 Å². The maximum atomic E-state index is 14.2. The largest absolute Gasteiger partial charge is 0.462 e. The SMILES string of the molecule is CCOC(=O)C1=C(F)OC(C)=C(C(C)=O)C1c1cccs1. The number of esters is 1. The maximum absolute atomic E-state index is 14.2. The number of rotatable bonds is 4. The average Bonchev–Trinajstić information content (AvgIpc) is 2.90. The van der Waals surface area contributed by atoms with Gasteiger partial charge in [-0.3, -0.25) is 4.79 Å². The number of ether oxygens (including phenoxy) is 2. The van der Waals surface area contributed by atoms with Crippen LogP contribution in [0, 0.1) is 0 Å². The van der Waals surface area contributed by atoms with Gasteiger partial charge >= 0.3 is 5.97 Å². The fourth-order valence-electron chi connectivity index (χ4n) is 2.30. The quantitative estimate of drug-likeness (QED) is 0.799. The van der Waals surface area contributed by atoms with E-state index in [4.69, 9.17) is 9.47 Å². The molecule has 6 heteroatoms. The third-order valence-corrected chi connectivity index (χ3v) is 4.05. The van der Waals surface area contributed by atoms with Crippen molar-refractivity contribution in [3.05, 3.63) is 45.3 Å². The summed E-state index contributed by atoms with van der Waals surface area (Å²) in [7, 11) is 0. The van der Waals surface area contributed by atoms with Crippen LogP contribution in [0.15, 0.2) is 40.4 Å². The van der Waals surface area contributed by atoms with Crippen molar-refractivity contribution in [1.29, 1.82) is 0 Å². The van der Waals surface area contributed by atoms with E-state index in [1.54, 1.807) is 24.4 Å². The molecule has 4 nitrogen and oxygen atoms in total. The number of allylic oxidation sites excluding steroid dienone is 2. The molecule has 0 bridgehead atoms. The molecule has 0 saturated heterocycles. The molecule has 0 fully saturated rings. The van der Waals surface area contributed by atoms with Gasteiger partial charge in [0, 0.05) is 10.5 Å². The molecule has 0 aliphatic carbocycles. The molecule has 2 rings (SSSR count). The molecule has 1 aromatic heterocycles. The second-order valence-electron chi connectivity index (χ2n) is 4.48. The number of ketones is 1. The molecule has 0 N–H and O–H groups in total. The predicted octanol–water partition coefficient (Wildman–Crippen LogP) is 3.47. The van der Waals surface area contributed by atoms with Crippen molar-refractivity contribution < 1.29 is 23.5 Å². The Labute approximate surface area is 125 Å². The van der Waals surface area contributed by atoms with Crippen LogP contribution in [0.1, 0.15) is 31.6 Å². The van der Waals surface area contributed by atoms with Crippen LogP contribution in [0.25, 0.3) is 0 Å². The molecule has 0 amide bonds. The molecule has 112 valence electrons. The van der Waals surface area contributed by atoms with Gasteiger partial charge in [0.25, 0.3) is 6.01 Å². The van der Waals surface area contributed by atoms with Crippen molar-refractivity contribution in [2.45, 2.75) is 26.7 Å². The lowest BCUT2D eigenvalue weighted by molar-refractivity contribution is -0.139. The Morgan fingerprint density at radius 1 is 1.43 bits per heavy atom. The van der Waals surface area contributed by atoms with Crippen LogP contribution >= 0.6 is 11.3 Å². The van der Waals surface area contributed by atoms with Crippen LogP contribution < -0.4 is 0 Å². The van der Waals surface area contributed by atoms with E-state index in [0.717, 1.165) is 0 Å². The van der Waals surface area contributed by atoms with Gasteiger partial charge in [-0.25, -0.2) is 4.79 Å². The van der Waals surface area contributed by atoms with Gasteiger partial charge in [0.1, 0.15) is 11.3 Å². The summed E-state index contributed by atoms with van der Waals surface area (Å²) in [6.45, 7) is 4.63. The molecule has 1 unspecified atom stereocenters. The fraction of sp³-hybridized carbons (Fsp3) is 0.333. The van der Waals surface area contributed by atoms with Crippen molar-refractivity contribution in [1.82, 2.24) is 0 Å². The van der Waals surface area contributed by atoms with Gasteiger partial charge in [-0.05, 0) is 32.2 Å². The molecule has 1 aliphatic rings. The van der Waals surface area contributed by atoms with E-state index in [9.17, 15) is 14.0 Å². The molecular formula is C15H15FO4S. The second-order valence-corrected chi connectivity index (χ2v) is 5.46. The third kappa shape index (κ3) is 2.90. The third-order valence-electron chi connectivity index (χ3n) is 3.11. The minimum Gasteiger partial charge on any atom is -0.462 e. The first-order chi connectivity index (χ1) is 9.97. The Morgan fingerprint density at radius 2 is 2.14 bits per heavy atom. The number of halogens is 1. The number of hydrogen-bond donors (Lipinski definition) is 0. The molecule has 0 saturated carbocycles. The lowest BCUT2D eigenvalue weighted by atomic mass is 9.85. The molecule has 2 heterocycles. The van der Waals surface area contributed by atoms with Gasteiger partial charge in [-0.2, -0.15) is 4.39 Å². The summed E-state index contributed by atoms with van der Waals surface area (Å²) in [4.78, 5) is 24.7. The Hall–Kier alpha value is -1.95. The second kappa shape index (κ2) is 6.22. The molecular weight excluding hydrogens is 295 g/mol. The molecule has 1 atom stereocenters. The van der Waals surface area contributed by atoms with Crippen molar-refractivity contribution in [3.8, 4) is 0 Å². The zero-order chi connectivity index (χ0) is 15.6. The van der Waals surface area contributed by atoms with Crippen LogP contribution in [0.2, 0.25) is 0 Å². The summed E-state index contributed by atoms with van der Waals surface area (Å²) in [6, 6.07) is 2.53. The minimum atomic E-state index is -1.01. The number of carbonyl (C=O) groups is 2. The van der Waals surface area contributed by atoms with Gasteiger partial charge in [0.2, 0.25) is 0 Å². The van der Waals surface area contributed by atoms with Crippen LogP contribution in [0.3, 0.4) is 0 Å². The highest BCUT2D eigenvalue weighted by atomic mass is 32.1. The Bertz CT molecular complexity index is 628. The lowest BCUT2D eigenvalue weighted by Gasteiger charge is -2.26. The van der Waals surface area contributed by atoms with Gasteiger partial charge in [0.15, 0.2) is 5.78 Å². The van der Waals surface area contributed by atoms with E-state index in [-0.39, 0.29) is 29.3 Å². The highest BCUT2D eigenvalue weighted by Gasteiger charge is 2.39. The smallest absolute Gasteiger partial charge is 0.341 e. The molecule has 1 aliphatic heterocycles. The zero-order valence-electron chi connectivity index (χ0n) is 11.9. The topological polar surface area (TPSA) is 52.6 Å². The predicted molar refractivity (Wildman–Crippen MR) is 76.3 cm³/mol. The summed E-state index contributed by atoms with van der Waals surface area (Å²) in [6.07, 6.45) is 0. The first-order valence-corrected chi connectivity index (χ1v) is 7.35. The lowest BCUT2D eigenvalue weighted by Crippen LogP contribution is -2.25. The zero-order valence-corrected chi connectivity index (χ0v) is 12.8. The Kier molecular flexibility index (Phi) is 4.57. The number of thiophene rings is 1. The first-order valence-electron chi connectivity index (χ1n) is 6.47. The van der Waals surface area contributed by atoms with E-state index < -0.39 is 17.9 Å². The first kappa shape index (κ1) is 15.4. The highest BCUT2D eigenvalue weighted by molar-refractivity contribution is 7.10. The van der Waals surface area contributed by atoms with Gasteiger partial charge in [-0.1, -0.05) is 6.07 Å². The van der Waals surface area contributed by atoms with Crippen LogP contribution in [0.4, 0.5) is 4.39 Å². The summed E-state index contributed by atoms with van der Waals surface area (Å²) in [5.41, 5.74) is 0.0250. The minimum absolute atomic E-state index is 0.116. The average molecular weight is 310 g/mol. The van der Waals surface area contributed by atoms with Gasteiger partial charge < -0.3 is 9.47 Å². The van der Waals surface area contributed by atoms with E-state index in [0.29, 0.717) is 4.88 Å².